The topological polar surface area (TPSA) is 72.0 Å². The number of hydrogen-bond donors (Lipinski definition) is 3. The van der Waals surface area contributed by atoms with Crippen molar-refractivity contribution in [1.29, 1.82) is 0 Å². The minimum atomic E-state index is -0.319. The summed E-state index contributed by atoms with van der Waals surface area (Å²) >= 11 is 0. The number of aliphatic hydroxyl groups is 1. The standard InChI is InChI=1S/C15H26N2O4/c1-11(18)9-16-5-6-17-10-12-7-13(19-2)15(21-4)14(8-12)20-3/h7-8,11,16-18H,5-6,9-10H2,1-4H3. The summed E-state index contributed by atoms with van der Waals surface area (Å²) in [6.07, 6.45) is -0.319. The molecule has 3 N–H and O–H groups in total. The fraction of sp³-hybridized carbons (Fsp3) is 0.600. The molecule has 1 aromatic rings. The summed E-state index contributed by atoms with van der Waals surface area (Å²) in [5.41, 5.74) is 1.06. The molecular formula is C15H26N2O4. The maximum atomic E-state index is 9.13. The first-order valence-corrected chi connectivity index (χ1v) is 7.00. The zero-order valence-corrected chi connectivity index (χ0v) is 13.2. The van der Waals surface area contributed by atoms with Gasteiger partial charge in [-0.2, -0.15) is 0 Å². The van der Waals surface area contributed by atoms with Crippen LogP contribution in [0.15, 0.2) is 12.1 Å². The van der Waals surface area contributed by atoms with Crippen LogP contribution in [0.25, 0.3) is 0 Å². The molecule has 0 saturated heterocycles. The van der Waals surface area contributed by atoms with Crippen molar-refractivity contribution in [3.8, 4) is 17.2 Å². The molecule has 6 heteroatoms. The monoisotopic (exact) mass is 298 g/mol. The Morgan fingerprint density at radius 1 is 1.00 bits per heavy atom. The zero-order chi connectivity index (χ0) is 15.7. The van der Waals surface area contributed by atoms with Crippen molar-refractivity contribution in [3.05, 3.63) is 17.7 Å². The lowest BCUT2D eigenvalue weighted by molar-refractivity contribution is 0.191. The Hall–Kier alpha value is -1.50. The van der Waals surface area contributed by atoms with Gasteiger partial charge < -0.3 is 30.0 Å². The molecule has 0 radical (unpaired) electrons. The van der Waals surface area contributed by atoms with Crippen LogP contribution in [0, 0.1) is 0 Å². The quantitative estimate of drug-likeness (QED) is 0.554. The van der Waals surface area contributed by atoms with Crippen LogP contribution < -0.4 is 24.8 Å². The molecule has 21 heavy (non-hydrogen) atoms. The third-order valence-electron chi connectivity index (χ3n) is 2.97. The number of hydrogen-bond acceptors (Lipinski definition) is 6. The second-order valence-corrected chi connectivity index (χ2v) is 4.76. The summed E-state index contributed by atoms with van der Waals surface area (Å²) in [5.74, 6) is 1.91. The molecule has 1 unspecified atom stereocenters. The molecule has 120 valence electrons. The van der Waals surface area contributed by atoms with E-state index < -0.39 is 0 Å². The van der Waals surface area contributed by atoms with E-state index >= 15 is 0 Å². The second-order valence-electron chi connectivity index (χ2n) is 4.76. The molecule has 0 aliphatic carbocycles. The number of rotatable bonds is 10. The second kappa shape index (κ2) is 9.44. The van der Waals surface area contributed by atoms with Gasteiger partial charge >= 0.3 is 0 Å². The van der Waals surface area contributed by atoms with Crippen LogP contribution >= 0.6 is 0 Å². The third-order valence-corrected chi connectivity index (χ3v) is 2.97. The number of nitrogens with one attached hydrogen (secondary N) is 2. The predicted octanol–water partition coefficient (Wildman–Crippen LogP) is 0.772. The molecule has 0 amide bonds. The molecule has 0 aliphatic heterocycles. The van der Waals surface area contributed by atoms with Gasteiger partial charge in [0, 0.05) is 26.2 Å². The van der Waals surface area contributed by atoms with Crippen LogP contribution in [-0.4, -0.2) is 52.2 Å². The molecule has 1 aromatic carbocycles. The summed E-state index contributed by atoms with van der Waals surface area (Å²) in [6.45, 7) is 4.67. The van der Waals surface area contributed by atoms with Gasteiger partial charge in [-0.3, -0.25) is 0 Å². The number of benzene rings is 1. The minimum Gasteiger partial charge on any atom is -0.493 e. The Balaban J connectivity index is 2.51. The first-order chi connectivity index (χ1) is 10.1. The summed E-state index contributed by atoms with van der Waals surface area (Å²) in [4.78, 5) is 0. The molecule has 1 rings (SSSR count). The van der Waals surface area contributed by atoms with Crippen LogP contribution in [-0.2, 0) is 6.54 Å². The van der Waals surface area contributed by atoms with E-state index in [0.717, 1.165) is 18.7 Å². The Morgan fingerprint density at radius 2 is 1.57 bits per heavy atom. The van der Waals surface area contributed by atoms with Gasteiger partial charge in [0.2, 0.25) is 5.75 Å². The first-order valence-electron chi connectivity index (χ1n) is 7.00. The fourth-order valence-corrected chi connectivity index (χ4v) is 1.96. The highest BCUT2D eigenvalue weighted by Gasteiger charge is 2.12. The third kappa shape index (κ3) is 5.79. The van der Waals surface area contributed by atoms with E-state index in [1.807, 2.05) is 12.1 Å². The van der Waals surface area contributed by atoms with Crippen molar-refractivity contribution in [2.75, 3.05) is 41.0 Å². The van der Waals surface area contributed by atoms with E-state index in [-0.39, 0.29) is 6.10 Å². The molecule has 0 heterocycles. The maximum Gasteiger partial charge on any atom is 0.203 e. The molecule has 0 aromatic heterocycles. The number of ether oxygens (including phenoxy) is 3. The van der Waals surface area contributed by atoms with Gasteiger partial charge in [0.05, 0.1) is 27.4 Å². The van der Waals surface area contributed by atoms with Crippen molar-refractivity contribution in [3.63, 3.8) is 0 Å². The molecule has 0 bridgehead atoms. The van der Waals surface area contributed by atoms with Crippen molar-refractivity contribution in [1.82, 2.24) is 10.6 Å². The Labute approximate surface area is 126 Å². The molecule has 0 spiro atoms. The molecule has 0 saturated carbocycles. The highest BCUT2D eigenvalue weighted by Crippen LogP contribution is 2.38. The predicted molar refractivity (Wildman–Crippen MR) is 82.4 cm³/mol. The lowest BCUT2D eigenvalue weighted by Crippen LogP contribution is -2.31. The van der Waals surface area contributed by atoms with E-state index in [1.165, 1.54) is 0 Å². The fourth-order valence-electron chi connectivity index (χ4n) is 1.96. The van der Waals surface area contributed by atoms with Crippen molar-refractivity contribution in [2.45, 2.75) is 19.6 Å². The number of methoxy groups -OCH3 is 3. The summed E-state index contributed by atoms with van der Waals surface area (Å²) in [5, 5.41) is 15.6. The average Bonchev–Trinajstić information content (AvgIpc) is 2.49. The molecule has 1 atom stereocenters. The smallest absolute Gasteiger partial charge is 0.203 e. The van der Waals surface area contributed by atoms with Gasteiger partial charge in [-0.25, -0.2) is 0 Å². The average molecular weight is 298 g/mol. The van der Waals surface area contributed by atoms with Crippen LogP contribution in [0.1, 0.15) is 12.5 Å². The van der Waals surface area contributed by atoms with Crippen LogP contribution in [0.3, 0.4) is 0 Å². The van der Waals surface area contributed by atoms with Gasteiger partial charge in [0.1, 0.15) is 0 Å². The summed E-state index contributed by atoms with van der Waals surface area (Å²) in [6, 6.07) is 3.86. The van der Waals surface area contributed by atoms with Gasteiger partial charge in [-0.05, 0) is 24.6 Å². The van der Waals surface area contributed by atoms with Crippen LogP contribution in [0.4, 0.5) is 0 Å². The van der Waals surface area contributed by atoms with Gasteiger partial charge in [0.25, 0.3) is 0 Å². The van der Waals surface area contributed by atoms with Gasteiger partial charge in [-0.15, -0.1) is 0 Å². The van der Waals surface area contributed by atoms with Crippen molar-refractivity contribution >= 4 is 0 Å². The minimum absolute atomic E-state index is 0.319. The van der Waals surface area contributed by atoms with E-state index in [0.29, 0.717) is 30.3 Å². The highest BCUT2D eigenvalue weighted by molar-refractivity contribution is 5.53. The normalized spacial score (nSPS) is 12.0. The highest BCUT2D eigenvalue weighted by atomic mass is 16.5. The molecular weight excluding hydrogens is 272 g/mol. The Bertz CT molecular complexity index is 399. The van der Waals surface area contributed by atoms with Crippen molar-refractivity contribution in [2.24, 2.45) is 0 Å². The lowest BCUT2D eigenvalue weighted by Gasteiger charge is -2.14. The van der Waals surface area contributed by atoms with Crippen LogP contribution in [0.5, 0.6) is 17.2 Å². The first kappa shape index (κ1) is 17.6. The molecule has 0 aliphatic rings. The van der Waals surface area contributed by atoms with Crippen molar-refractivity contribution < 1.29 is 19.3 Å². The maximum absolute atomic E-state index is 9.13. The van der Waals surface area contributed by atoms with Gasteiger partial charge in [-0.1, -0.05) is 0 Å². The van der Waals surface area contributed by atoms with E-state index in [9.17, 15) is 0 Å². The number of aliphatic hydroxyl groups excluding tert-OH is 1. The largest absolute Gasteiger partial charge is 0.493 e. The van der Waals surface area contributed by atoms with E-state index in [1.54, 1.807) is 28.3 Å². The SMILES string of the molecule is COc1cc(CNCCNCC(C)O)cc(OC)c1OC. The Kier molecular flexibility index (Phi) is 7.89. The zero-order valence-electron chi connectivity index (χ0n) is 13.2. The van der Waals surface area contributed by atoms with E-state index in [2.05, 4.69) is 10.6 Å². The molecule has 0 fully saturated rings. The Morgan fingerprint density at radius 3 is 2.05 bits per heavy atom. The lowest BCUT2D eigenvalue weighted by atomic mass is 10.2. The van der Waals surface area contributed by atoms with Crippen LogP contribution in [0.2, 0.25) is 0 Å². The summed E-state index contributed by atoms with van der Waals surface area (Å²) < 4.78 is 15.9. The summed E-state index contributed by atoms with van der Waals surface area (Å²) in [7, 11) is 4.80. The molecule has 6 nitrogen and oxygen atoms in total. The van der Waals surface area contributed by atoms with Gasteiger partial charge in [0.15, 0.2) is 11.5 Å². The van der Waals surface area contributed by atoms with E-state index in [4.69, 9.17) is 19.3 Å².